The van der Waals surface area contributed by atoms with E-state index in [0.717, 1.165) is 5.56 Å². The Kier molecular flexibility index (Phi) is 4.65. The largest absolute Gasteiger partial charge is 0.369 e. The Hall–Kier alpha value is -1.89. The first kappa shape index (κ1) is 13.2. The zero-order valence-corrected chi connectivity index (χ0v) is 10.3. The highest BCUT2D eigenvalue weighted by atomic mass is 16.2. The molecule has 1 rings (SSSR count). The number of nitrogen functional groups attached to an aromatic ring is 1. The summed E-state index contributed by atoms with van der Waals surface area (Å²) in [5.41, 5.74) is 3.28. The summed E-state index contributed by atoms with van der Waals surface area (Å²) in [6.07, 6.45) is 2.08. The van der Waals surface area contributed by atoms with Gasteiger partial charge in [0, 0.05) is 38.8 Å². The molecule has 1 aromatic rings. The molecular formula is C10H18N6O. The van der Waals surface area contributed by atoms with Crippen LogP contribution in [0, 0.1) is 6.92 Å². The molecule has 0 aliphatic carbocycles. The SMILES string of the molecule is Cc1cnc(NN)nc1NCCC(=O)N(C)C. The van der Waals surface area contributed by atoms with Crippen LogP contribution >= 0.6 is 0 Å². The Bertz CT molecular complexity index is 392. The smallest absolute Gasteiger partial charge is 0.239 e. The van der Waals surface area contributed by atoms with Gasteiger partial charge in [-0.3, -0.25) is 10.2 Å². The fourth-order valence-electron chi connectivity index (χ4n) is 1.20. The van der Waals surface area contributed by atoms with Crippen molar-refractivity contribution in [1.29, 1.82) is 0 Å². The fourth-order valence-corrected chi connectivity index (χ4v) is 1.20. The Morgan fingerprint density at radius 1 is 1.53 bits per heavy atom. The van der Waals surface area contributed by atoms with Gasteiger partial charge in [-0.1, -0.05) is 0 Å². The highest BCUT2D eigenvalue weighted by Crippen LogP contribution is 2.11. The summed E-state index contributed by atoms with van der Waals surface area (Å²) in [5, 5.41) is 3.08. The first-order valence-electron chi connectivity index (χ1n) is 5.29. The monoisotopic (exact) mass is 238 g/mol. The zero-order valence-electron chi connectivity index (χ0n) is 10.3. The molecule has 7 heteroatoms. The van der Waals surface area contributed by atoms with Crippen molar-refractivity contribution in [2.75, 3.05) is 31.4 Å². The van der Waals surface area contributed by atoms with Crippen LogP contribution in [0.5, 0.6) is 0 Å². The van der Waals surface area contributed by atoms with Gasteiger partial charge in [-0.2, -0.15) is 4.98 Å². The predicted molar refractivity (Wildman–Crippen MR) is 66.4 cm³/mol. The van der Waals surface area contributed by atoms with Crippen molar-refractivity contribution in [3.05, 3.63) is 11.8 Å². The summed E-state index contributed by atoms with van der Waals surface area (Å²) in [5.74, 6) is 6.32. The quantitative estimate of drug-likeness (QED) is 0.492. The number of anilines is 2. The summed E-state index contributed by atoms with van der Waals surface area (Å²) in [6, 6.07) is 0. The minimum atomic E-state index is 0.0707. The maximum Gasteiger partial charge on any atom is 0.239 e. The summed E-state index contributed by atoms with van der Waals surface area (Å²) in [7, 11) is 3.46. The molecule has 0 saturated heterocycles. The number of hydrogen-bond acceptors (Lipinski definition) is 6. The average Bonchev–Trinajstić information content (AvgIpc) is 2.31. The summed E-state index contributed by atoms with van der Waals surface area (Å²) in [6.45, 7) is 2.41. The van der Waals surface area contributed by atoms with Crippen molar-refractivity contribution in [1.82, 2.24) is 14.9 Å². The van der Waals surface area contributed by atoms with Crippen LogP contribution in [0.25, 0.3) is 0 Å². The Morgan fingerprint density at radius 3 is 2.82 bits per heavy atom. The van der Waals surface area contributed by atoms with Gasteiger partial charge < -0.3 is 10.2 Å². The molecule has 7 nitrogen and oxygen atoms in total. The molecule has 0 aromatic carbocycles. The maximum atomic E-state index is 11.4. The van der Waals surface area contributed by atoms with Crippen molar-refractivity contribution >= 4 is 17.7 Å². The average molecular weight is 238 g/mol. The molecule has 0 aliphatic rings. The number of hydrazine groups is 1. The van der Waals surface area contributed by atoms with E-state index in [4.69, 9.17) is 5.84 Å². The standard InChI is InChI=1S/C10H18N6O/c1-7-6-13-10(15-11)14-9(7)12-5-4-8(17)16(2)3/h6H,4-5,11H2,1-3H3,(H2,12,13,14,15). The predicted octanol–water partition coefficient (Wildman–Crippen LogP) is -0.0392. The third kappa shape index (κ3) is 3.87. The van der Waals surface area contributed by atoms with Gasteiger partial charge in [0.2, 0.25) is 11.9 Å². The lowest BCUT2D eigenvalue weighted by Crippen LogP contribution is -2.24. The van der Waals surface area contributed by atoms with Crippen LogP contribution in [0.4, 0.5) is 11.8 Å². The van der Waals surface area contributed by atoms with Crippen LogP contribution in [0.15, 0.2) is 6.20 Å². The van der Waals surface area contributed by atoms with E-state index in [1.165, 1.54) is 0 Å². The van der Waals surface area contributed by atoms with E-state index in [0.29, 0.717) is 24.7 Å². The number of rotatable bonds is 5. The molecule has 0 unspecified atom stereocenters. The second-order valence-electron chi connectivity index (χ2n) is 3.83. The Labute approximate surface area is 100 Å². The van der Waals surface area contributed by atoms with Crippen molar-refractivity contribution < 1.29 is 4.79 Å². The molecule has 0 fully saturated rings. The van der Waals surface area contributed by atoms with Crippen molar-refractivity contribution in [3.63, 3.8) is 0 Å². The fraction of sp³-hybridized carbons (Fsp3) is 0.500. The molecule has 4 N–H and O–H groups in total. The minimum Gasteiger partial charge on any atom is -0.369 e. The van der Waals surface area contributed by atoms with Gasteiger partial charge in [0.25, 0.3) is 0 Å². The van der Waals surface area contributed by atoms with Crippen LogP contribution in [-0.4, -0.2) is 41.4 Å². The molecule has 0 spiro atoms. The van der Waals surface area contributed by atoms with E-state index >= 15 is 0 Å². The number of carbonyl (C=O) groups excluding carboxylic acids is 1. The zero-order chi connectivity index (χ0) is 12.8. The van der Waals surface area contributed by atoms with E-state index in [1.807, 2.05) is 6.92 Å². The third-order valence-corrected chi connectivity index (χ3v) is 2.23. The molecular weight excluding hydrogens is 220 g/mol. The molecule has 1 heterocycles. The van der Waals surface area contributed by atoms with E-state index in [2.05, 4.69) is 20.7 Å². The molecule has 0 saturated carbocycles. The molecule has 94 valence electrons. The van der Waals surface area contributed by atoms with Crippen LogP contribution in [0.1, 0.15) is 12.0 Å². The van der Waals surface area contributed by atoms with Gasteiger partial charge in [0.1, 0.15) is 5.82 Å². The second kappa shape index (κ2) is 6.00. The first-order valence-corrected chi connectivity index (χ1v) is 5.29. The minimum absolute atomic E-state index is 0.0707. The maximum absolute atomic E-state index is 11.4. The van der Waals surface area contributed by atoms with E-state index < -0.39 is 0 Å². The van der Waals surface area contributed by atoms with E-state index in [1.54, 1.807) is 25.2 Å². The first-order chi connectivity index (χ1) is 8.04. The number of aromatic nitrogens is 2. The third-order valence-electron chi connectivity index (χ3n) is 2.23. The number of hydrogen-bond donors (Lipinski definition) is 3. The van der Waals surface area contributed by atoms with Gasteiger partial charge in [-0.25, -0.2) is 10.8 Å². The molecule has 1 amide bonds. The Morgan fingerprint density at radius 2 is 2.24 bits per heavy atom. The van der Waals surface area contributed by atoms with Gasteiger partial charge in [-0.15, -0.1) is 0 Å². The van der Waals surface area contributed by atoms with Crippen molar-refractivity contribution in [3.8, 4) is 0 Å². The lowest BCUT2D eigenvalue weighted by atomic mass is 10.3. The number of nitrogens with one attached hydrogen (secondary N) is 2. The molecule has 1 aromatic heterocycles. The Balaban J connectivity index is 2.54. The van der Waals surface area contributed by atoms with Gasteiger partial charge in [0.15, 0.2) is 0 Å². The van der Waals surface area contributed by atoms with Crippen LogP contribution in [-0.2, 0) is 4.79 Å². The summed E-state index contributed by atoms with van der Waals surface area (Å²) < 4.78 is 0. The highest BCUT2D eigenvalue weighted by molar-refractivity contribution is 5.76. The van der Waals surface area contributed by atoms with Gasteiger partial charge in [0.05, 0.1) is 0 Å². The number of aryl methyl sites for hydroxylation is 1. The summed E-state index contributed by atoms with van der Waals surface area (Å²) in [4.78, 5) is 21.0. The van der Waals surface area contributed by atoms with Gasteiger partial charge in [-0.05, 0) is 6.92 Å². The summed E-state index contributed by atoms with van der Waals surface area (Å²) >= 11 is 0. The normalized spacial score (nSPS) is 9.88. The molecule has 0 atom stereocenters. The van der Waals surface area contributed by atoms with E-state index in [-0.39, 0.29) is 5.91 Å². The lowest BCUT2D eigenvalue weighted by molar-refractivity contribution is -0.128. The molecule has 0 aliphatic heterocycles. The van der Waals surface area contributed by atoms with Crippen LogP contribution in [0.2, 0.25) is 0 Å². The van der Waals surface area contributed by atoms with Crippen LogP contribution < -0.4 is 16.6 Å². The second-order valence-corrected chi connectivity index (χ2v) is 3.83. The number of amides is 1. The highest BCUT2D eigenvalue weighted by Gasteiger charge is 2.05. The number of carbonyl (C=O) groups is 1. The van der Waals surface area contributed by atoms with E-state index in [9.17, 15) is 4.79 Å². The van der Waals surface area contributed by atoms with Crippen molar-refractivity contribution in [2.24, 2.45) is 5.84 Å². The number of nitrogens with zero attached hydrogens (tertiary/aromatic N) is 3. The molecule has 0 radical (unpaired) electrons. The van der Waals surface area contributed by atoms with Gasteiger partial charge >= 0.3 is 0 Å². The lowest BCUT2D eigenvalue weighted by Gasteiger charge is -2.12. The topological polar surface area (TPSA) is 96.2 Å². The number of nitrogens with two attached hydrogens (primary N) is 1. The molecule has 0 bridgehead atoms. The molecule has 17 heavy (non-hydrogen) atoms. The van der Waals surface area contributed by atoms with Crippen LogP contribution in [0.3, 0.4) is 0 Å². The van der Waals surface area contributed by atoms with Crippen molar-refractivity contribution in [2.45, 2.75) is 13.3 Å².